The van der Waals surface area contributed by atoms with Gasteiger partial charge in [0.2, 0.25) is 0 Å². The highest BCUT2D eigenvalue weighted by Gasteiger charge is 2.14. The molecule has 74 valence electrons. The molecule has 0 spiro atoms. The molecule has 0 aliphatic heterocycles. The molecule has 0 radical (unpaired) electrons. The first-order valence-electron chi connectivity index (χ1n) is 4.12. The van der Waals surface area contributed by atoms with Gasteiger partial charge in [-0.05, 0) is 6.42 Å². The van der Waals surface area contributed by atoms with Gasteiger partial charge >= 0.3 is 5.97 Å². The standard InChI is InChI=1S/C8H10N4O2/c1-3-6(4-9)12-5-10-7(11-12)8(13)14-2/h5-6H,3H2,1-2H3. The summed E-state index contributed by atoms with van der Waals surface area (Å²) in [5.41, 5.74) is 0. The van der Waals surface area contributed by atoms with Gasteiger partial charge in [-0.3, -0.25) is 0 Å². The summed E-state index contributed by atoms with van der Waals surface area (Å²) in [6.07, 6.45) is 1.96. The van der Waals surface area contributed by atoms with Crippen molar-refractivity contribution < 1.29 is 9.53 Å². The van der Waals surface area contributed by atoms with E-state index in [-0.39, 0.29) is 11.9 Å². The molecular weight excluding hydrogens is 184 g/mol. The number of esters is 1. The maximum Gasteiger partial charge on any atom is 0.377 e. The lowest BCUT2D eigenvalue weighted by Crippen LogP contribution is -2.09. The number of ether oxygens (including phenoxy) is 1. The number of methoxy groups -OCH3 is 1. The number of carbonyl (C=O) groups excluding carboxylic acids is 1. The highest BCUT2D eigenvalue weighted by Crippen LogP contribution is 2.07. The van der Waals surface area contributed by atoms with Crippen molar-refractivity contribution in [3.8, 4) is 6.07 Å². The Morgan fingerprint density at radius 3 is 3.07 bits per heavy atom. The lowest BCUT2D eigenvalue weighted by Gasteiger charge is -2.03. The van der Waals surface area contributed by atoms with Gasteiger partial charge in [-0.15, -0.1) is 5.10 Å². The minimum atomic E-state index is -0.600. The van der Waals surface area contributed by atoms with E-state index in [0.717, 1.165) is 0 Å². The van der Waals surface area contributed by atoms with Crippen LogP contribution in [-0.4, -0.2) is 27.8 Å². The Kier molecular flexibility index (Phi) is 3.18. The first-order chi connectivity index (χ1) is 6.72. The maximum absolute atomic E-state index is 11.0. The van der Waals surface area contributed by atoms with Crippen LogP contribution in [0, 0.1) is 11.3 Å². The average molecular weight is 194 g/mol. The van der Waals surface area contributed by atoms with Gasteiger partial charge in [0.25, 0.3) is 5.82 Å². The first kappa shape index (κ1) is 10.2. The number of hydrogen-bond donors (Lipinski definition) is 0. The number of aromatic nitrogens is 3. The highest BCUT2D eigenvalue weighted by molar-refractivity contribution is 5.84. The van der Waals surface area contributed by atoms with E-state index in [1.807, 2.05) is 13.0 Å². The second-order valence-corrected chi connectivity index (χ2v) is 2.59. The topological polar surface area (TPSA) is 80.8 Å². The van der Waals surface area contributed by atoms with Crippen LogP contribution in [0.4, 0.5) is 0 Å². The zero-order chi connectivity index (χ0) is 10.6. The third-order valence-electron chi connectivity index (χ3n) is 1.73. The first-order valence-corrected chi connectivity index (χ1v) is 4.12. The fourth-order valence-electron chi connectivity index (χ4n) is 0.947. The Balaban J connectivity index is 2.88. The van der Waals surface area contributed by atoms with Crippen LogP contribution in [-0.2, 0) is 4.74 Å². The molecule has 0 fully saturated rings. The Bertz CT molecular complexity index is 366. The number of rotatable bonds is 3. The van der Waals surface area contributed by atoms with Crippen molar-refractivity contribution in [3.05, 3.63) is 12.2 Å². The summed E-state index contributed by atoms with van der Waals surface area (Å²) in [5, 5.41) is 12.6. The zero-order valence-corrected chi connectivity index (χ0v) is 7.97. The summed E-state index contributed by atoms with van der Waals surface area (Å²) in [6, 6.07) is 1.66. The van der Waals surface area contributed by atoms with E-state index in [1.165, 1.54) is 18.1 Å². The second-order valence-electron chi connectivity index (χ2n) is 2.59. The van der Waals surface area contributed by atoms with Gasteiger partial charge in [-0.25, -0.2) is 14.5 Å². The molecular formula is C8H10N4O2. The van der Waals surface area contributed by atoms with Crippen molar-refractivity contribution in [3.63, 3.8) is 0 Å². The predicted molar refractivity (Wildman–Crippen MR) is 46.3 cm³/mol. The third-order valence-corrected chi connectivity index (χ3v) is 1.73. The van der Waals surface area contributed by atoms with Gasteiger partial charge in [0.15, 0.2) is 0 Å². The Hall–Kier alpha value is -1.90. The Morgan fingerprint density at radius 1 is 1.86 bits per heavy atom. The molecule has 0 amide bonds. The van der Waals surface area contributed by atoms with Crippen molar-refractivity contribution in [2.45, 2.75) is 19.4 Å². The fourth-order valence-corrected chi connectivity index (χ4v) is 0.947. The molecule has 0 aliphatic carbocycles. The van der Waals surface area contributed by atoms with Crippen LogP contribution in [0.15, 0.2) is 6.33 Å². The molecule has 0 aliphatic rings. The molecule has 0 aromatic carbocycles. The smallest absolute Gasteiger partial charge is 0.377 e. The van der Waals surface area contributed by atoms with Crippen LogP contribution < -0.4 is 0 Å². The van der Waals surface area contributed by atoms with E-state index in [4.69, 9.17) is 5.26 Å². The predicted octanol–water partition coefficient (Wildman–Crippen LogP) is 0.539. The van der Waals surface area contributed by atoms with Gasteiger partial charge in [0.05, 0.1) is 13.2 Å². The average Bonchev–Trinajstić information content (AvgIpc) is 2.68. The Labute approximate surface area is 81.1 Å². The quantitative estimate of drug-likeness (QED) is 0.656. The third kappa shape index (κ3) is 1.88. The van der Waals surface area contributed by atoms with E-state index < -0.39 is 5.97 Å². The van der Waals surface area contributed by atoms with E-state index in [2.05, 4.69) is 14.8 Å². The number of hydrogen-bond acceptors (Lipinski definition) is 5. The molecule has 0 N–H and O–H groups in total. The molecule has 0 saturated carbocycles. The molecule has 14 heavy (non-hydrogen) atoms. The number of carbonyl (C=O) groups is 1. The maximum atomic E-state index is 11.0. The summed E-state index contributed by atoms with van der Waals surface area (Å²) in [4.78, 5) is 14.7. The Morgan fingerprint density at radius 2 is 2.57 bits per heavy atom. The van der Waals surface area contributed by atoms with Gasteiger partial charge in [0.1, 0.15) is 12.4 Å². The molecule has 1 aromatic heterocycles. The normalized spacial score (nSPS) is 11.8. The summed E-state index contributed by atoms with van der Waals surface area (Å²) >= 11 is 0. The van der Waals surface area contributed by atoms with Crippen molar-refractivity contribution >= 4 is 5.97 Å². The molecule has 6 nitrogen and oxygen atoms in total. The molecule has 1 unspecified atom stereocenters. The van der Waals surface area contributed by atoms with Gasteiger partial charge in [-0.2, -0.15) is 5.26 Å². The van der Waals surface area contributed by atoms with Crippen molar-refractivity contribution in [2.75, 3.05) is 7.11 Å². The van der Waals surface area contributed by atoms with Gasteiger partial charge in [-0.1, -0.05) is 6.92 Å². The summed E-state index contributed by atoms with van der Waals surface area (Å²) in [7, 11) is 1.25. The largest absolute Gasteiger partial charge is 0.463 e. The fraction of sp³-hybridized carbons (Fsp3) is 0.500. The van der Waals surface area contributed by atoms with Crippen LogP contribution >= 0.6 is 0 Å². The minimum Gasteiger partial charge on any atom is -0.463 e. The molecule has 6 heteroatoms. The highest BCUT2D eigenvalue weighted by atomic mass is 16.5. The van der Waals surface area contributed by atoms with Crippen LogP contribution in [0.1, 0.15) is 30.0 Å². The van der Waals surface area contributed by atoms with E-state index in [1.54, 1.807) is 0 Å². The second kappa shape index (κ2) is 4.37. The summed E-state index contributed by atoms with van der Waals surface area (Å²) in [6.45, 7) is 1.85. The molecule has 1 atom stereocenters. The van der Waals surface area contributed by atoms with E-state index >= 15 is 0 Å². The lowest BCUT2D eigenvalue weighted by atomic mass is 10.3. The number of nitriles is 1. The van der Waals surface area contributed by atoms with Crippen molar-refractivity contribution in [1.29, 1.82) is 5.26 Å². The number of nitrogens with zero attached hydrogens (tertiary/aromatic N) is 4. The van der Waals surface area contributed by atoms with E-state index in [9.17, 15) is 4.79 Å². The van der Waals surface area contributed by atoms with Gasteiger partial charge in [0, 0.05) is 0 Å². The van der Waals surface area contributed by atoms with Crippen molar-refractivity contribution in [2.24, 2.45) is 0 Å². The monoisotopic (exact) mass is 194 g/mol. The molecule has 0 saturated heterocycles. The van der Waals surface area contributed by atoms with Crippen molar-refractivity contribution in [1.82, 2.24) is 14.8 Å². The minimum absolute atomic E-state index is 0.0267. The zero-order valence-electron chi connectivity index (χ0n) is 7.97. The lowest BCUT2D eigenvalue weighted by molar-refractivity contribution is 0.0586. The van der Waals surface area contributed by atoms with E-state index in [0.29, 0.717) is 6.42 Å². The van der Waals surface area contributed by atoms with Crippen LogP contribution in [0.5, 0.6) is 0 Å². The molecule has 1 rings (SSSR count). The van der Waals surface area contributed by atoms with Crippen LogP contribution in [0.3, 0.4) is 0 Å². The van der Waals surface area contributed by atoms with Gasteiger partial charge < -0.3 is 4.74 Å². The van der Waals surface area contributed by atoms with Crippen LogP contribution in [0.25, 0.3) is 0 Å². The summed E-state index contributed by atoms with van der Waals surface area (Å²) < 4.78 is 5.79. The molecule has 1 aromatic rings. The molecule has 1 heterocycles. The van der Waals surface area contributed by atoms with Crippen LogP contribution in [0.2, 0.25) is 0 Å². The SMILES string of the molecule is CCC(C#N)n1cnc(C(=O)OC)n1. The molecule has 0 bridgehead atoms. The summed E-state index contributed by atoms with van der Waals surface area (Å²) in [5.74, 6) is -0.627.